The van der Waals surface area contributed by atoms with Crippen molar-refractivity contribution in [3.05, 3.63) is 81.2 Å². The van der Waals surface area contributed by atoms with Gasteiger partial charge in [0.1, 0.15) is 5.82 Å². The maximum absolute atomic E-state index is 13.2. The molecule has 0 radical (unpaired) electrons. The average Bonchev–Trinajstić information content (AvgIpc) is 3.05. The molecule has 1 heterocycles. The fourth-order valence-corrected chi connectivity index (χ4v) is 3.97. The smallest absolute Gasteiger partial charge is 0.270 e. The molecule has 2 aliphatic rings. The zero-order valence-corrected chi connectivity index (χ0v) is 13.2. The summed E-state index contributed by atoms with van der Waals surface area (Å²) in [5.74, 6) is 0.183. The van der Waals surface area contributed by atoms with Gasteiger partial charge in [0, 0.05) is 23.7 Å². The summed E-state index contributed by atoms with van der Waals surface area (Å²) >= 11 is 0. The van der Waals surface area contributed by atoms with Gasteiger partial charge in [-0.3, -0.25) is 10.1 Å². The van der Waals surface area contributed by atoms with Crippen molar-refractivity contribution >= 4 is 11.4 Å². The number of hydrogen-bond acceptors (Lipinski definition) is 3. The monoisotopic (exact) mass is 324 g/mol. The molecule has 0 saturated heterocycles. The number of fused-ring (bicyclic) bond motifs is 3. The van der Waals surface area contributed by atoms with Gasteiger partial charge < -0.3 is 5.32 Å². The molecule has 0 aromatic heterocycles. The molecule has 2 aromatic carbocycles. The van der Waals surface area contributed by atoms with Crippen LogP contribution in [0.3, 0.4) is 0 Å². The molecular weight excluding hydrogens is 307 g/mol. The number of nitro benzene ring substituents is 1. The number of anilines is 1. The lowest BCUT2D eigenvalue weighted by molar-refractivity contribution is -0.385. The molecule has 24 heavy (non-hydrogen) atoms. The summed E-state index contributed by atoms with van der Waals surface area (Å²) in [6.07, 6.45) is 5.18. The van der Waals surface area contributed by atoms with Gasteiger partial charge in [-0.05, 0) is 48.1 Å². The summed E-state index contributed by atoms with van der Waals surface area (Å²) in [4.78, 5) is 10.8. The Hall–Kier alpha value is -2.69. The van der Waals surface area contributed by atoms with Crippen LogP contribution in [0.25, 0.3) is 0 Å². The summed E-state index contributed by atoms with van der Waals surface area (Å²) in [7, 11) is 0. The predicted molar refractivity (Wildman–Crippen MR) is 90.6 cm³/mol. The van der Waals surface area contributed by atoms with E-state index in [2.05, 4.69) is 17.5 Å². The molecule has 0 bridgehead atoms. The van der Waals surface area contributed by atoms with Gasteiger partial charge in [-0.2, -0.15) is 0 Å². The van der Waals surface area contributed by atoms with E-state index in [1.807, 2.05) is 19.1 Å². The number of hydrogen-bond donors (Lipinski definition) is 1. The van der Waals surface area contributed by atoms with E-state index in [1.54, 1.807) is 12.1 Å². The van der Waals surface area contributed by atoms with Crippen molar-refractivity contribution in [1.82, 2.24) is 0 Å². The molecule has 1 aliphatic heterocycles. The second-order valence-electron chi connectivity index (χ2n) is 6.51. The Balaban J connectivity index is 1.82. The van der Waals surface area contributed by atoms with Gasteiger partial charge in [0.05, 0.1) is 11.0 Å². The molecule has 1 aliphatic carbocycles. The minimum absolute atomic E-state index is 0.0678. The second-order valence-corrected chi connectivity index (χ2v) is 6.51. The number of aryl methyl sites for hydroxylation is 1. The highest BCUT2D eigenvalue weighted by atomic mass is 19.1. The van der Waals surface area contributed by atoms with Crippen molar-refractivity contribution < 1.29 is 9.31 Å². The number of halogens is 1. The van der Waals surface area contributed by atoms with Crippen molar-refractivity contribution in [3.8, 4) is 0 Å². The standard InChI is InChI=1S/C19H17FN2O2/c1-11-9-14(22(23)24)10-17-15-3-2-4-16(15)19(21-18(11)17)12-5-7-13(20)8-6-12/h2-3,5-10,15-16,19,21H,4H2,1H3/t15-,16-,19+/m1/s1. The highest BCUT2D eigenvalue weighted by Gasteiger charge is 2.39. The maximum Gasteiger partial charge on any atom is 0.270 e. The third-order valence-electron chi connectivity index (χ3n) is 5.09. The van der Waals surface area contributed by atoms with Crippen LogP contribution in [-0.2, 0) is 0 Å². The quantitative estimate of drug-likeness (QED) is 0.487. The van der Waals surface area contributed by atoms with Crippen molar-refractivity contribution in [2.75, 3.05) is 5.32 Å². The van der Waals surface area contributed by atoms with Crippen LogP contribution in [0.5, 0.6) is 0 Å². The molecule has 1 N–H and O–H groups in total. The van der Waals surface area contributed by atoms with E-state index >= 15 is 0 Å². The van der Waals surface area contributed by atoms with E-state index < -0.39 is 0 Å². The van der Waals surface area contributed by atoms with E-state index in [0.29, 0.717) is 0 Å². The lowest BCUT2D eigenvalue weighted by Crippen LogP contribution is -2.29. The molecule has 122 valence electrons. The lowest BCUT2D eigenvalue weighted by atomic mass is 9.76. The number of non-ortho nitro benzene ring substituents is 1. The Labute approximate surface area is 139 Å². The van der Waals surface area contributed by atoms with Gasteiger partial charge in [0.25, 0.3) is 5.69 Å². The average molecular weight is 324 g/mol. The van der Waals surface area contributed by atoms with Crippen LogP contribution in [0.15, 0.2) is 48.6 Å². The molecular formula is C19H17FN2O2. The second kappa shape index (κ2) is 5.44. The molecule has 0 fully saturated rings. The first-order valence-electron chi connectivity index (χ1n) is 8.02. The van der Waals surface area contributed by atoms with Crippen LogP contribution < -0.4 is 5.32 Å². The lowest BCUT2D eigenvalue weighted by Gasteiger charge is -2.38. The molecule has 4 rings (SSSR count). The Bertz CT molecular complexity index is 845. The topological polar surface area (TPSA) is 55.2 Å². The molecule has 0 amide bonds. The van der Waals surface area contributed by atoms with Crippen LogP contribution in [-0.4, -0.2) is 4.92 Å². The number of rotatable bonds is 2. The number of allylic oxidation sites excluding steroid dienone is 2. The summed E-state index contributed by atoms with van der Waals surface area (Å²) < 4.78 is 13.2. The minimum Gasteiger partial charge on any atom is -0.377 e. The van der Waals surface area contributed by atoms with Crippen LogP contribution in [0, 0.1) is 28.8 Å². The van der Waals surface area contributed by atoms with Crippen molar-refractivity contribution in [2.24, 2.45) is 5.92 Å². The fraction of sp³-hybridized carbons (Fsp3) is 0.263. The summed E-state index contributed by atoms with van der Waals surface area (Å²) in [6.45, 7) is 1.89. The predicted octanol–water partition coefficient (Wildman–Crippen LogP) is 4.87. The molecule has 0 unspecified atom stereocenters. The first-order valence-corrected chi connectivity index (χ1v) is 8.02. The van der Waals surface area contributed by atoms with Gasteiger partial charge in [-0.15, -0.1) is 0 Å². The van der Waals surface area contributed by atoms with E-state index in [4.69, 9.17) is 0 Å². The zero-order valence-electron chi connectivity index (χ0n) is 13.2. The van der Waals surface area contributed by atoms with Gasteiger partial charge in [0.2, 0.25) is 0 Å². The molecule has 2 aromatic rings. The zero-order chi connectivity index (χ0) is 16.8. The van der Waals surface area contributed by atoms with E-state index in [-0.39, 0.29) is 34.3 Å². The fourth-order valence-electron chi connectivity index (χ4n) is 3.97. The van der Waals surface area contributed by atoms with E-state index in [0.717, 1.165) is 28.8 Å². The normalized spacial score (nSPS) is 24.2. The number of benzene rings is 2. The minimum atomic E-state index is -0.340. The van der Waals surface area contributed by atoms with E-state index in [1.165, 1.54) is 12.1 Å². The highest BCUT2D eigenvalue weighted by Crippen LogP contribution is 2.51. The van der Waals surface area contributed by atoms with Crippen LogP contribution in [0.4, 0.5) is 15.8 Å². The van der Waals surface area contributed by atoms with Crippen LogP contribution in [0.2, 0.25) is 0 Å². The largest absolute Gasteiger partial charge is 0.377 e. The Kier molecular flexibility index (Phi) is 3.37. The SMILES string of the molecule is Cc1cc([N+](=O)[O-])cc2c1N[C@@H](c1ccc(F)cc1)[C@@H]1CC=C[C@@H]21. The molecule has 4 nitrogen and oxygen atoms in total. The Morgan fingerprint density at radius 3 is 2.71 bits per heavy atom. The summed E-state index contributed by atoms with van der Waals surface area (Å²) in [5, 5.41) is 14.7. The number of nitro groups is 1. The van der Waals surface area contributed by atoms with Crippen molar-refractivity contribution in [1.29, 1.82) is 0 Å². The molecule has 5 heteroatoms. The van der Waals surface area contributed by atoms with Gasteiger partial charge in [0.15, 0.2) is 0 Å². The van der Waals surface area contributed by atoms with E-state index in [9.17, 15) is 14.5 Å². The summed E-state index contributed by atoms with van der Waals surface area (Å²) in [6, 6.07) is 9.94. The third-order valence-corrected chi connectivity index (χ3v) is 5.09. The van der Waals surface area contributed by atoms with Crippen LogP contribution >= 0.6 is 0 Å². The summed E-state index contributed by atoms with van der Waals surface area (Å²) in [5.41, 5.74) is 3.98. The van der Waals surface area contributed by atoms with Crippen molar-refractivity contribution in [3.63, 3.8) is 0 Å². The Morgan fingerprint density at radius 2 is 2.00 bits per heavy atom. The maximum atomic E-state index is 13.2. The number of nitrogens with zero attached hydrogens (tertiary/aromatic N) is 1. The first-order chi connectivity index (χ1) is 11.5. The Morgan fingerprint density at radius 1 is 1.25 bits per heavy atom. The number of nitrogens with one attached hydrogen (secondary N) is 1. The molecule has 3 atom stereocenters. The van der Waals surface area contributed by atoms with Gasteiger partial charge >= 0.3 is 0 Å². The molecule has 0 spiro atoms. The third kappa shape index (κ3) is 2.28. The van der Waals surface area contributed by atoms with Gasteiger partial charge in [-0.25, -0.2) is 4.39 Å². The highest BCUT2D eigenvalue weighted by molar-refractivity contribution is 5.67. The van der Waals surface area contributed by atoms with Crippen LogP contribution in [0.1, 0.15) is 35.1 Å². The first kappa shape index (κ1) is 14.9. The molecule has 0 saturated carbocycles. The van der Waals surface area contributed by atoms with Crippen molar-refractivity contribution in [2.45, 2.75) is 25.3 Å². The van der Waals surface area contributed by atoms with Gasteiger partial charge in [-0.1, -0.05) is 24.3 Å².